The second-order valence-electron chi connectivity index (χ2n) is 7.24. The third-order valence-corrected chi connectivity index (χ3v) is 5.23. The van der Waals surface area contributed by atoms with Gasteiger partial charge in [0.25, 0.3) is 0 Å². The molecule has 5 nitrogen and oxygen atoms in total. The molecule has 0 spiro atoms. The first-order valence-corrected chi connectivity index (χ1v) is 9.61. The fourth-order valence-electron chi connectivity index (χ4n) is 3.65. The van der Waals surface area contributed by atoms with Crippen LogP contribution >= 0.6 is 0 Å². The molecule has 0 saturated heterocycles. The number of hydrogen-bond acceptors (Lipinski definition) is 3. The standard InChI is InChI=1S/C23H23N3O2/c1-3-26(17-10-4-7-15(2)13-17)23(28)19-14-18(19)22(27)25-20-11-5-8-16-9-6-12-24-21(16)20/h4-13,18-19H,3,14H2,1-2H3,(H,25,27). The molecule has 1 aromatic heterocycles. The lowest BCUT2D eigenvalue weighted by atomic mass is 10.1. The van der Waals surface area contributed by atoms with Crippen molar-refractivity contribution in [3.63, 3.8) is 0 Å². The minimum absolute atomic E-state index is 0.0179. The van der Waals surface area contributed by atoms with E-state index in [2.05, 4.69) is 10.3 Å². The molecule has 5 heteroatoms. The van der Waals surface area contributed by atoms with Crippen LogP contribution in [0.15, 0.2) is 60.8 Å². The Balaban J connectivity index is 1.47. The Kier molecular flexibility index (Phi) is 4.82. The number of amides is 2. The maximum Gasteiger partial charge on any atom is 0.230 e. The summed E-state index contributed by atoms with van der Waals surface area (Å²) in [5.41, 5.74) is 3.44. The van der Waals surface area contributed by atoms with Gasteiger partial charge in [0, 0.05) is 23.8 Å². The Hall–Kier alpha value is -3.21. The first kappa shape index (κ1) is 18.2. The molecule has 1 aliphatic carbocycles. The largest absolute Gasteiger partial charge is 0.324 e. The molecule has 0 radical (unpaired) electrons. The van der Waals surface area contributed by atoms with Gasteiger partial charge in [-0.2, -0.15) is 0 Å². The van der Waals surface area contributed by atoms with Crippen molar-refractivity contribution in [2.45, 2.75) is 20.3 Å². The first-order chi connectivity index (χ1) is 13.6. The molecule has 2 aromatic carbocycles. The summed E-state index contributed by atoms with van der Waals surface area (Å²) >= 11 is 0. The van der Waals surface area contributed by atoms with E-state index in [0.717, 1.165) is 22.2 Å². The number of carbonyl (C=O) groups excluding carboxylic acids is 2. The summed E-state index contributed by atoms with van der Waals surface area (Å²) in [4.78, 5) is 31.8. The molecule has 1 N–H and O–H groups in total. The molecule has 2 atom stereocenters. The number of para-hydroxylation sites is 1. The van der Waals surface area contributed by atoms with Crippen molar-refractivity contribution in [1.82, 2.24) is 4.98 Å². The number of carbonyl (C=O) groups is 2. The van der Waals surface area contributed by atoms with Crippen LogP contribution in [0.2, 0.25) is 0 Å². The molecule has 142 valence electrons. The molecule has 3 aromatic rings. The summed E-state index contributed by atoms with van der Waals surface area (Å²) < 4.78 is 0. The molecule has 0 bridgehead atoms. The van der Waals surface area contributed by atoms with Crippen LogP contribution in [0.4, 0.5) is 11.4 Å². The molecular formula is C23H23N3O2. The normalized spacial score (nSPS) is 17.9. The predicted molar refractivity (Wildman–Crippen MR) is 111 cm³/mol. The topological polar surface area (TPSA) is 62.3 Å². The predicted octanol–water partition coefficient (Wildman–Crippen LogP) is 4.17. The summed E-state index contributed by atoms with van der Waals surface area (Å²) in [6.07, 6.45) is 2.30. The lowest BCUT2D eigenvalue weighted by Crippen LogP contribution is -2.33. The fourth-order valence-corrected chi connectivity index (χ4v) is 3.65. The molecule has 28 heavy (non-hydrogen) atoms. The maximum atomic E-state index is 13.0. The number of anilines is 2. The number of pyridine rings is 1. The highest BCUT2D eigenvalue weighted by Crippen LogP contribution is 2.42. The summed E-state index contributed by atoms with van der Waals surface area (Å²) in [6, 6.07) is 17.4. The van der Waals surface area contributed by atoms with Crippen molar-refractivity contribution in [3.8, 4) is 0 Å². The Morgan fingerprint density at radius 1 is 1.11 bits per heavy atom. The lowest BCUT2D eigenvalue weighted by Gasteiger charge is -2.21. The van der Waals surface area contributed by atoms with Gasteiger partial charge in [-0.15, -0.1) is 0 Å². The summed E-state index contributed by atoms with van der Waals surface area (Å²) in [5.74, 6) is -0.644. The van der Waals surface area contributed by atoms with Gasteiger partial charge < -0.3 is 10.2 Å². The molecule has 4 rings (SSSR count). The van der Waals surface area contributed by atoms with Crippen LogP contribution in [0, 0.1) is 18.8 Å². The fraction of sp³-hybridized carbons (Fsp3) is 0.261. The van der Waals surface area contributed by atoms with Gasteiger partial charge in [-0.25, -0.2) is 0 Å². The van der Waals surface area contributed by atoms with Crippen molar-refractivity contribution >= 4 is 34.1 Å². The Morgan fingerprint density at radius 3 is 2.68 bits per heavy atom. The zero-order valence-electron chi connectivity index (χ0n) is 16.1. The van der Waals surface area contributed by atoms with Crippen LogP contribution in [-0.4, -0.2) is 23.3 Å². The highest BCUT2D eigenvalue weighted by atomic mass is 16.2. The zero-order valence-corrected chi connectivity index (χ0v) is 16.1. The number of benzene rings is 2. The van der Waals surface area contributed by atoms with Crippen molar-refractivity contribution in [3.05, 3.63) is 66.4 Å². The lowest BCUT2D eigenvalue weighted by molar-refractivity contribution is -0.123. The highest BCUT2D eigenvalue weighted by Gasteiger charge is 2.49. The molecule has 2 amide bonds. The maximum absolute atomic E-state index is 13.0. The smallest absolute Gasteiger partial charge is 0.230 e. The number of rotatable bonds is 5. The number of aromatic nitrogens is 1. The summed E-state index contributed by atoms with van der Waals surface area (Å²) in [5, 5.41) is 3.94. The van der Waals surface area contributed by atoms with Gasteiger partial charge in [0.05, 0.1) is 23.0 Å². The first-order valence-electron chi connectivity index (χ1n) is 9.61. The minimum atomic E-state index is -0.287. The van der Waals surface area contributed by atoms with Crippen LogP contribution in [0.1, 0.15) is 18.9 Å². The van der Waals surface area contributed by atoms with E-state index in [1.54, 1.807) is 11.1 Å². The van der Waals surface area contributed by atoms with Crippen LogP contribution in [0.25, 0.3) is 10.9 Å². The second-order valence-corrected chi connectivity index (χ2v) is 7.24. The van der Waals surface area contributed by atoms with Crippen LogP contribution < -0.4 is 10.2 Å². The van der Waals surface area contributed by atoms with Crippen LogP contribution in [-0.2, 0) is 9.59 Å². The van der Waals surface area contributed by atoms with Gasteiger partial charge >= 0.3 is 0 Å². The van der Waals surface area contributed by atoms with Gasteiger partial charge in [0.1, 0.15) is 0 Å². The van der Waals surface area contributed by atoms with Crippen LogP contribution in [0.3, 0.4) is 0 Å². The quantitative estimate of drug-likeness (QED) is 0.730. The number of aryl methyl sites for hydroxylation is 1. The number of fused-ring (bicyclic) bond motifs is 1. The number of nitrogens with one attached hydrogen (secondary N) is 1. The SMILES string of the molecule is CCN(C(=O)C1CC1C(=O)Nc1cccc2cccnc12)c1cccc(C)c1. The zero-order chi connectivity index (χ0) is 19.7. The van der Waals surface area contributed by atoms with Gasteiger partial charge in [-0.3, -0.25) is 14.6 Å². The van der Waals surface area contributed by atoms with Crippen molar-refractivity contribution in [2.75, 3.05) is 16.8 Å². The van der Waals surface area contributed by atoms with E-state index < -0.39 is 0 Å². The minimum Gasteiger partial charge on any atom is -0.324 e. The molecule has 1 heterocycles. The average Bonchev–Trinajstić information content (AvgIpc) is 3.50. The van der Waals surface area contributed by atoms with E-state index in [1.165, 1.54) is 0 Å². The Labute approximate surface area is 164 Å². The molecule has 0 aliphatic heterocycles. The monoisotopic (exact) mass is 373 g/mol. The van der Waals surface area contributed by atoms with E-state index in [0.29, 0.717) is 18.7 Å². The van der Waals surface area contributed by atoms with Crippen molar-refractivity contribution in [1.29, 1.82) is 0 Å². The van der Waals surface area contributed by atoms with Crippen molar-refractivity contribution in [2.24, 2.45) is 11.8 Å². The van der Waals surface area contributed by atoms with E-state index in [4.69, 9.17) is 0 Å². The molecule has 1 aliphatic rings. The average molecular weight is 373 g/mol. The molecule has 1 saturated carbocycles. The highest BCUT2D eigenvalue weighted by molar-refractivity contribution is 6.06. The van der Waals surface area contributed by atoms with Gasteiger partial charge in [-0.05, 0) is 50.1 Å². The molecular weight excluding hydrogens is 350 g/mol. The van der Waals surface area contributed by atoms with E-state index in [9.17, 15) is 9.59 Å². The Morgan fingerprint density at radius 2 is 1.89 bits per heavy atom. The van der Waals surface area contributed by atoms with E-state index in [1.807, 2.05) is 68.4 Å². The second kappa shape index (κ2) is 7.43. The van der Waals surface area contributed by atoms with Crippen LogP contribution in [0.5, 0.6) is 0 Å². The van der Waals surface area contributed by atoms with Gasteiger partial charge in [0.15, 0.2) is 0 Å². The molecule has 2 unspecified atom stereocenters. The van der Waals surface area contributed by atoms with Gasteiger partial charge in [0.2, 0.25) is 11.8 Å². The number of hydrogen-bond donors (Lipinski definition) is 1. The van der Waals surface area contributed by atoms with E-state index in [-0.39, 0.29) is 23.7 Å². The summed E-state index contributed by atoms with van der Waals surface area (Å²) in [7, 11) is 0. The number of nitrogens with zero attached hydrogens (tertiary/aromatic N) is 2. The van der Waals surface area contributed by atoms with Crippen molar-refractivity contribution < 1.29 is 9.59 Å². The third-order valence-electron chi connectivity index (χ3n) is 5.23. The Bertz CT molecular complexity index is 1040. The third kappa shape index (κ3) is 3.48. The summed E-state index contributed by atoms with van der Waals surface area (Å²) in [6.45, 7) is 4.55. The molecule has 1 fully saturated rings. The van der Waals surface area contributed by atoms with Gasteiger partial charge in [-0.1, -0.05) is 30.3 Å². The van der Waals surface area contributed by atoms with E-state index >= 15 is 0 Å².